The summed E-state index contributed by atoms with van der Waals surface area (Å²) in [5.74, 6) is 0. The minimum absolute atomic E-state index is 0.234. The monoisotopic (exact) mass is 141 g/mol. The van der Waals surface area contributed by atoms with Crippen LogP contribution in [0.3, 0.4) is 0 Å². The number of nitrogens with two attached hydrogens (primary N) is 1. The third-order valence-corrected chi connectivity index (χ3v) is 0.995. The standard InChI is InChI=1S/C8H12FN/c1-3-4-5-6-8(10)7(2)9/h3-7H,1,10H2,2H3/b5-4-,8-6-. The van der Waals surface area contributed by atoms with Crippen LogP contribution in [-0.2, 0) is 0 Å². The number of hydrogen-bond donors (Lipinski definition) is 1. The zero-order chi connectivity index (χ0) is 7.98. The molecular formula is C8H12FN. The summed E-state index contributed by atoms with van der Waals surface area (Å²) in [5, 5.41) is 0. The molecule has 0 fully saturated rings. The Labute approximate surface area is 60.7 Å². The first-order valence-electron chi connectivity index (χ1n) is 3.07. The van der Waals surface area contributed by atoms with Crippen LogP contribution < -0.4 is 5.73 Å². The van der Waals surface area contributed by atoms with Crippen LogP contribution in [0.15, 0.2) is 36.6 Å². The molecule has 0 amide bonds. The summed E-state index contributed by atoms with van der Waals surface area (Å²) >= 11 is 0. The lowest BCUT2D eigenvalue weighted by atomic mass is 10.3. The van der Waals surface area contributed by atoms with Crippen molar-refractivity contribution in [2.24, 2.45) is 5.73 Å². The maximum atomic E-state index is 12.3. The summed E-state index contributed by atoms with van der Waals surface area (Å²) in [4.78, 5) is 0. The minimum atomic E-state index is -1.07. The number of allylic oxidation sites excluding steroid dienone is 5. The van der Waals surface area contributed by atoms with Crippen molar-refractivity contribution in [3.05, 3.63) is 36.6 Å². The molecule has 0 radical (unpaired) electrons. The molecular weight excluding hydrogens is 129 g/mol. The fourth-order valence-corrected chi connectivity index (χ4v) is 0.378. The first-order chi connectivity index (χ1) is 4.68. The molecule has 56 valence electrons. The summed E-state index contributed by atoms with van der Waals surface area (Å²) in [5.41, 5.74) is 5.49. The molecule has 0 saturated carbocycles. The van der Waals surface area contributed by atoms with Gasteiger partial charge in [-0.15, -0.1) is 0 Å². The normalized spacial score (nSPS) is 15.6. The summed E-state index contributed by atoms with van der Waals surface area (Å²) in [6, 6.07) is 0. The number of hydrogen-bond acceptors (Lipinski definition) is 1. The SMILES string of the molecule is C=C/C=C\C=C(/N)C(C)F. The molecule has 0 aromatic carbocycles. The molecule has 1 unspecified atom stereocenters. The van der Waals surface area contributed by atoms with Gasteiger partial charge in [0.05, 0.1) is 0 Å². The zero-order valence-corrected chi connectivity index (χ0v) is 6.05. The maximum Gasteiger partial charge on any atom is 0.136 e. The highest BCUT2D eigenvalue weighted by molar-refractivity contribution is 5.15. The Balaban J connectivity index is 3.91. The van der Waals surface area contributed by atoms with E-state index in [2.05, 4.69) is 6.58 Å². The smallest absolute Gasteiger partial charge is 0.136 e. The quantitative estimate of drug-likeness (QED) is 0.597. The molecule has 10 heavy (non-hydrogen) atoms. The first-order valence-corrected chi connectivity index (χ1v) is 3.07. The third kappa shape index (κ3) is 3.89. The van der Waals surface area contributed by atoms with Crippen molar-refractivity contribution in [2.75, 3.05) is 0 Å². The molecule has 0 aromatic rings. The van der Waals surface area contributed by atoms with Crippen molar-refractivity contribution in [1.29, 1.82) is 0 Å². The second-order valence-electron chi connectivity index (χ2n) is 1.90. The molecule has 2 N–H and O–H groups in total. The van der Waals surface area contributed by atoms with E-state index in [1.54, 1.807) is 18.2 Å². The highest BCUT2D eigenvalue weighted by atomic mass is 19.1. The molecule has 0 rings (SSSR count). The van der Waals surface area contributed by atoms with Crippen molar-refractivity contribution >= 4 is 0 Å². The number of halogens is 1. The van der Waals surface area contributed by atoms with Gasteiger partial charge in [-0.25, -0.2) is 4.39 Å². The Kier molecular flexibility index (Phi) is 4.29. The van der Waals surface area contributed by atoms with E-state index in [1.807, 2.05) is 0 Å². The Bertz CT molecular complexity index is 157. The minimum Gasteiger partial charge on any atom is -0.400 e. The Morgan fingerprint density at radius 3 is 2.60 bits per heavy atom. The lowest BCUT2D eigenvalue weighted by Crippen LogP contribution is -2.07. The molecule has 1 atom stereocenters. The Morgan fingerprint density at radius 1 is 1.60 bits per heavy atom. The van der Waals surface area contributed by atoms with Crippen LogP contribution in [-0.4, -0.2) is 6.17 Å². The van der Waals surface area contributed by atoms with Crippen LogP contribution in [0.2, 0.25) is 0 Å². The molecule has 0 aliphatic rings. The summed E-state index contributed by atoms with van der Waals surface area (Å²) in [6.45, 7) is 4.85. The van der Waals surface area contributed by atoms with Crippen molar-refractivity contribution in [3.63, 3.8) is 0 Å². The van der Waals surface area contributed by atoms with E-state index in [0.29, 0.717) is 0 Å². The summed E-state index contributed by atoms with van der Waals surface area (Å²) in [6.07, 6.45) is 5.39. The lowest BCUT2D eigenvalue weighted by molar-refractivity contribution is 0.408. The van der Waals surface area contributed by atoms with Crippen molar-refractivity contribution < 1.29 is 4.39 Å². The molecule has 0 bridgehead atoms. The fraction of sp³-hybridized carbons (Fsp3) is 0.250. The van der Waals surface area contributed by atoms with Gasteiger partial charge in [-0.3, -0.25) is 0 Å². The maximum absolute atomic E-state index is 12.3. The molecule has 0 spiro atoms. The highest BCUT2D eigenvalue weighted by Gasteiger charge is 1.97. The van der Waals surface area contributed by atoms with Gasteiger partial charge in [0.15, 0.2) is 0 Å². The second kappa shape index (κ2) is 4.79. The van der Waals surface area contributed by atoms with Crippen LogP contribution in [0.1, 0.15) is 6.92 Å². The van der Waals surface area contributed by atoms with Gasteiger partial charge in [0.2, 0.25) is 0 Å². The van der Waals surface area contributed by atoms with E-state index in [0.717, 1.165) is 0 Å². The van der Waals surface area contributed by atoms with Gasteiger partial charge < -0.3 is 5.73 Å². The Hall–Kier alpha value is -1.05. The summed E-state index contributed by atoms with van der Waals surface area (Å²) < 4.78 is 12.3. The van der Waals surface area contributed by atoms with Gasteiger partial charge in [-0.05, 0) is 13.0 Å². The average molecular weight is 141 g/mol. The van der Waals surface area contributed by atoms with E-state index < -0.39 is 6.17 Å². The second-order valence-corrected chi connectivity index (χ2v) is 1.90. The average Bonchev–Trinajstić information content (AvgIpc) is 1.88. The van der Waals surface area contributed by atoms with E-state index in [9.17, 15) is 4.39 Å². The van der Waals surface area contributed by atoms with E-state index in [4.69, 9.17) is 5.73 Å². The van der Waals surface area contributed by atoms with Gasteiger partial charge in [-0.1, -0.05) is 24.8 Å². The number of rotatable bonds is 3. The molecule has 2 heteroatoms. The van der Waals surface area contributed by atoms with Crippen molar-refractivity contribution in [2.45, 2.75) is 13.1 Å². The molecule has 1 nitrogen and oxygen atoms in total. The highest BCUT2D eigenvalue weighted by Crippen LogP contribution is 1.97. The van der Waals surface area contributed by atoms with Crippen LogP contribution in [0, 0.1) is 0 Å². The Morgan fingerprint density at radius 2 is 2.20 bits per heavy atom. The predicted molar refractivity (Wildman–Crippen MR) is 42.2 cm³/mol. The van der Waals surface area contributed by atoms with Crippen LogP contribution >= 0.6 is 0 Å². The van der Waals surface area contributed by atoms with Crippen LogP contribution in [0.4, 0.5) is 4.39 Å². The summed E-state index contributed by atoms with van der Waals surface area (Å²) in [7, 11) is 0. The van der Waals surface area contributed by atoms with Crippen LogP contribution in [0.5, 0.6) is 0 Å². The third-order valence-electron chi connectivity index (χ3n) is 0.995. The largest absolute Gasteiger partial charge is 0.400 e. The fourth-order valence-electron chi connectivity index (χ4n) is 0.378. The van der Waals surface area contributed by atoms with E-state index >= 15 is 0 Å². The van der Waals surface area contributed by atoms with Gasteiger partial charge in [-0.2, -0.15) is 0 Å². The van der Waals surface area contributed by atoms with E-state index in [-0.39, 0.29) is 5.70 Å². The molecule has 0 aliphatic carbocycles. The van der Waals surface area contributed by atoms with Gasteiger partial charge >= 0.3 is 0 Å². The first kappa shape index (κ1) is 8.95. The van der Waals surface area contributed by atoms with Crippen LogP contribution in [0.25, 0.3) is 0 Å². The van der Waals surface area contributed by atoms with Gasteiger partial charge in [0.1, 0.15) is 6.17 Å². The van der Waals surface area contributed by atoms with Crippen molar-refractivity contribution in [1.82, 2.24) is 0 Å². The number of alkyl halides is 1. The van der Waals surface area contributed by atoms with Crippen molar-refractivity contribution in [3.8, 4) is 0 Å². The molecule has 0 aliphatic heterocycles. The van der Waals surface area contributed by atoms with Gasteiger partial charge in [0.25, 0.3) is 0 Å². The zero-order valence-electron chi connectivity index (χ0n) is 6.05. The molecule has 0 saturated heterocycles. The topological polar surface area (TPSA) is 26.0 Å². The molecule has 0 aromatic heterocycles. The predicted octanol–water partition coefficient (Wildman–Crippen LogP) is 1.93. The molecule has 0 heterocycles. The lowest BCUT2D eigenvalue weighted by Gasteiger charge is -1.97. The van der Waals surface area contributed by atoms with E-state index in [1.165, 1.54) is 13.0 Å². The van der Waals surface area contributed by atoms with Gasteiger partial charge in [0, 0.05) is 5.70 Å².